The lowest BCUT2D eigenvalue weighted by molar-refractivity contribution is 0.205. The smallest absolute Gasteiger partial charge is 0.316 e. The molecule has 1 aliphatic carbocycles. The number of halogens is 1. The zero-order chi connectivity index (χ0) is 26.3. The number of nitrogens with zero attached hydrogens (tertiary/aromatic N) is 4. The summed E-state index contributed by atoms with van der Waals surface area (Å²) < 4.78 is 49.4. The highest BCUT2D eigenvalue weighted by atomic mass is 32.2. The van der Waals surface area contributed by atoms with Crippen molar-refractivity contribution in [1.29, 1.82) is 0 Å². The average molecular weight is 539 g/mol. The first-order chi connectivity index (χ1) is 18.4. The number of piperidine rings is 1. The normalized spacial score (nSPS) is 20.8. The number of benzene rings is 2. The molecular formula is C28H31FN4O4S. The summed E-state index contributed by atoms with van der Waals surface area (Å²) in [5.41, 5.74) is 1.15. The van der Waals surface area contributed by atoms with Gasteiger partial charge in [0, 0.05) is 19.6 Å². The number of para-hydroxylation sites is 1. The molecule has 10 heteroatoms. The maximum atomic E-state index is 13.9. The number of hydrogen-bond donors (Lipinski definition) is 0. The van der Waals surface area contributed by atoms with Gasteiger partial charge in [0.2, 0.25) is 15.8 Å². The first kappa shape index (κ1) is 24.9. The Kier molecular flexibility index (Phi) is 6.37. The lowest BCUT2D eigenvalue weighted by Gasteiger charge is -2.39. The second kappa shape index (κ2) is 9.72. The zero-order valence-corrected chi connectivity index (χ0v) is 21.9. The minimum absolute atomic E-state index is 0.0596. The Labute approximate surface area is 221 Å². The molecule has 6 rings (SSSR count). The quantitative estimate of drug-likeness (QED) is 0.482. The van der Waals surface area contributed by atoms with E-state index in [1.807, 2.05) is 35.2 Å². The Hall–Kier alpha value is -3.40. The van der Waals surface area contributed by atoms with Gasteiger partial charge in [0.25, 0.3) is 0 Å². The molecule has 3 aliphatic rings. The fourth-order valence-electron chi connectivity index (χ4n) is 6.04. The first-order valence-corrected chi connectivity index (χ1v) is 14.7. The Morgan fingerprint density at radius 1 is 0.921 bits per heavy atom. The number of hydrogen-bond acceptors (Lipinski definition) is 6. The topological polar surface area (TPSA) is 84.7 Å². The van der Waals surface area contributed by atoms with Crippen LogP contribution in [0.25, 0.3) is 5.69 Å². The molecule has 0 bridgehead atoms. The first-order valence-electron chi connectivity index (χ1n) is 13.3. The molecule has 3 aromatic rings. The number of sulfonamides is 1. The SMILES string of the molecule is O=c1c(OC2CCCC2)c(N2CCC3(CC2)CCN(c2ccccc2)S3(=O)=O)cnn1-c1cccc(F)c1. The summed E-state index contributed by atoms with van der Waals surface area (Å²) in [6.07, 6.45) is 6.85. The molecule has 38 heavy (non-hydrogen) atoms. The Morgan fingerprint density at radius 2 is 1.61 bits per heavy atom. The van der Waals surface area contributed by atoms with E-state index >= 15 is 0 Å². The maximum Gasteiger partial charge on any atom is 0.316 e. The van der Waals surface area contributed by atoms with Crippen molar-refractivity contribution in [3.63, 3.8) is 0 Å². The third-order valence-corrected chi connectivity index (χ3v) is 10.9. The van der Waals surface area contributed by atoms with E-state index < -0.39 is 26.1 Å². The van der Waals surface area contributed by atoms with Gasteiger partial charge < -0.3 is 9.64 Å². The van der Waals surface area contributed by atoms with Gasteiger partial charge in [0.15, 0.2) is 0 Å². The van der Waals surface area contributed by atoms with Gasteiger partial charge in [0.05, 0.1) is 28.4 Å². The monoisotopic (exact) mass is 538 g/mol. The van der Waals surface area contributed by atoms with Crippen molar-refractivity contribution in [3.8, 4) is 11.4 Å². The largest absolute Gasteiger partial charge is 0.483 e. The molecule has 2 saturated heterocycles. The zero-order valence-electron chi connectivity index (χ0n) is 21.1. The predicted octanol–water partition coefficient (Wildman–Crippen LogP) is 4.27. The average Bonchev–Trinajstić information content (AvgIpc) is 3.52. The van der Waals surface area contributed by atoms with Crippen LogP contribution in [-0.2, 0) is 10.0 Å². The highest BCUT2D eigenvalue weighted by molar-refractivity contribution is 7.94. The summed E-state index contributed by atoms with van der Waals surface area (Å²) in [5.74, 6) is -0.255. The molecule has 0 amide bonds. The maximum absolute atomic E-state index is 13.9. The van der Waals surface area contributed by atoms with Gasteiger partial charge in [-0.3, -0.25) is 9.10 Å². The van der Waals surface area contributed by atoms with Crippen molar-refractivity contribution in [2.24, 2.45) is 0 Å². The van der Waals surface area contributed by atoms with Crippen LogP contribution in [0.5, 0.6) is 5.75 Å². The van der Waals surface area contributed by atoms with Gasteiger partial charge >= 0.3 is 5.56 Å². The summed E-state index contributed by atoms with van der Waals surface area (Å²) in [7, 11) is -3.53. The summed E-state index contributed by atoms with van der Waals surface area (Å²) in [6.45, 7) is 1.40. The van der Waals surface area contributed by atoms with Crippen LogP contribution in [0.3, 0.4) is 0 Å². The van der Waals surface area contributed by atoms with Crippen LogP contribution in [0.15, 0.2) is 65.6 Å². The third kappa shape index (κ3) is 4.24. The molecule has 1 spiro atoms. The number of rotatable bonds is 5. The van der Waals surface area contributed by atoms with Gasteiger partial charge in [-0.25, -0.2) is 12.8 Å². The molecule has 0 atom stereocenters. The number of aromatic nitrogens is 2. The van der Waals surface area contributed by atoms with Crippen molar-refractivity contribution in [3.05, 3.63) is 77.0 Å². The molecule has 2 aromatic carbocycles. The lowest BCUT2D eigenvalue weighted by atomic mass is 9.92. The van der Waals surface area contributed by atoms with Crippen molar-refractivity contribution in [2.75, 3.05) is 28.8 Å². The highest BCUT2D eigenvalue weighted by Crippen LogP contribution is 2.44. The molecular weight excluding hydrogens is 507 g/mol. The summed E-state index contributed by atoms with van der Waals surface area (Å²) in [6, 6.07) is 15.0. The number of ether oxygens (including phenoxy) is 1. The fourth-order valence-corrected chi connectivity index (χ4v) is 8.29. The van der Waals surface area contributed by atoms with E-state index in [9.17, 15) is 17.6 Å². The van der Waals surface area contributed by atoms with Gasteiger partial charge in [-0.2, -0.15) is 9.78 Å². The molecule has 2 aliphatic heterocycles. The lowest BCUT2D eigenvalue weighted by Crippen LogP contribution is -2.49. The second-order valence-corrected chi connectivity index (χ2v) is 12.7. The predicted molar refractivity (Wildman–Crippen MR) is 144 cm³/mol. The van der Waals surface area contributed by atoms with E-state index in [4.69, 9.17) is 4.74 Å². The van der Waals surface area contributed by atoms with E-state index in [1.165, 1.54) is 22.9 Å². The van der Waals surface area contributed by atoms with E-state index in [2.05, 4.69) is 5.10 Å². The number of anilines is 2. The van der Waals surface area contributed by atoms with Gasteiger partial charge in [0.1, 0.15) is 11.5 Å². The van der Waals surface area contributed by atoms with Crippen molar-refractivity contribution < 1.29 is 17.5 Å². The van der Waals surface area contributed by atoms with E-state index in [0.29, 0.717) is 56.0 Å². The molecule has 1 aromatic heterocycles. The van der Waals surface area contributed by atoms with Crippen LogP contribution in [0.4, 0.5) is 15.8 Å². The Bertz CT molecular complexity index is 1480. The molecule has 8 nitrogen and oxygen atoms in total. The van der Waals surface area contributed by atoms with E-state index in [1.54, 1.807) is 16.6 Å². The van der Waals surface area contributed by atoms with Crippen molar-refractivity contribution in [1.82, 2.24) is 9.78 Å². The van der Waals surface area contributed by atoms with Crippen LogP contribution in [-0.4, -0.2) is 48.7 Å². The van der Waals surface area contributed by atoms with Crippen molar-refractivity contribution >= 4 is 21.4 Å². The summed E-state index contributed by atoms with van der Waals surface area (Å²) in [5, 5.41) is 4.36. The Morgan fingerprint density at radius 3 is 2.32 bits per heavy atom. The second-order valence-electron chi connectivity index (χ2n) is 10.4. The van der Waals surface area contributed by atoms with Gasteiger partial charge in [-0.05, 0) is 75.3 Å². The molecule has 1 saturated carbocycles. The summed E-state index contributed by atoms with van der Waals surface area (Å²) >= 11 is 0. The van der Waals surface area contributed by atoms with E-state index in [0.717, 1.165) is 25.7 Å². The minimum Gasteiger partial charge on any atom is -0.483 e. The fraction of sp³-hybridized carbons (Fsp3) is 0.429. The molecule has 3 fully saturated rings. The van der Waals surface area contributed by atoms with Gasteiger partial charge in [-0.15, -0.1) is 0 Å². The molecule has 3 heterocycles. The van der Waals surface area contributed by atoms with Crippen molar-refractivity contribution in [2.45, 2.75) is 55.8 Å². The van der Waals surface area contributed by atoms with Crippen LogP contribution < -0.4 is 19.5 Å². The highest BCUT2D eigenvalue weighted by Gasteiger charge is 2.54. The van der Waals surface area contributed by atoms with Crippen LogP contribution >= 0.6 is 0 Å². The molecule has 0 unspecified atom stereocenters. The molecule has 0 radical (unpaired) electrons. The van der Waals surface area contributed by atoms with Crippen LogP contribution in [0.2, 0.25) is 0 Å². The standard InChI is InChI=1S/C28H31FN4O4S/c29-21-7-6-10-23(19-21)33-27(34)26(37-24-11-4-5-12-24)25(20-30-33)31-16-13-28(14-17-31)15-18-32(38(28,35)36)22-8-2-1-3-9-22/h1-3,6-10,19-20,24H,4-5,11-18H2. The minimum atomic E-state index is -3.53. The van der Waals surface area contributed by atoms with Crippen LogP contribution in [0.1, 0.15) is 44.9 Å². The summed E-state index contributed by atoms with van der Waals surface area (Å²) in [4.78, 5) is 15.6. The third-order valence-electron chi connectivity index (χ3n) is 8.22. The van der Waals surface area contributed by atoms with Gasteiger partial charge in [-0.1, -0.05) is 24.3 Å². The molecule has 0 N–H and O–H groups in total. The Balaban J connectivity index is 1.29. The van der Waals surface area contributed by atoms with Crippen LogP contribution in [0, 0.1) is 5.82 Å². The molecule has 200 valence electrons. The van der Waals surface area contributed by atoms with E-state index in [-0.39, 0.29) is 11.9 Å².